The smallest absolute Gasteiger partial charge is 0.387 e. The van der Waals surface area contributed by atoms with Crippen LogP contribution < -0.4 is 11.1 Å². The Morgan fingerprint density at radius 2 is 1.09 bits per heavy atom. The highest BCUT2D eigenvalue weighted by Crippen LogP contribution is 2.43. The van der Waals surface area contributed by atoms with E-state index in [2.05, 4.69) is 116 Å². The highest BCUT2D eigenvalue weighted by Gasteiger charge is 2.26. The molecule has 0 aliphatic carbocycles. The van der Waals surface area contributed by atoms with E-state index in [1.165, 1.54) is 12.8 Å². The molecule has 0 saturated carbocycles. The van der Waals surface area contributed by atoms with Gasteiger partial charge in [-0.15, -0.1) is 0 Å². The maximum atomic E-state index is 12.7. The van der Waals surface area contributed by atoms with Crippen LogP contribution in [0.5, 0.6) is 0 Å². The monoisotopic (exact) mass is 771 g/mol. The summed E-state index contributed by atoms with van der Waals surface area (Å²) in [6, 6.07) is -0.904. The predicted octanol–water partition coefficient (Wildman–Crippen LogP) is 11.4. The van der Waals surface area contributed by atoms with Gasteiger partial charge in [-0.3, -0.25) is 13.8 Å². The quantitative estimate of drug-likeness (QED) is 0.0283. The number of nitrogens with one attached hydrogen (secondary N) is 1. The Balaban J connectivity index is 4.35. The molecule has 0 aliphatic heterocycles. The number of phosphoric acid groups is 1. The summed E-state index contributed by atoms with van der Waals surface area (Å²) < 4.78 is 22.0. The van der Waals surface area contributed by atoms with E-state index < -0.39 is 20.0 Å². The number of aliphatic hydroxyl groups excluding tert-OH is 1. The lowest BCUT2D eigenvalue weighted by atomic mass is 10.1. The Morgan fingerprint density at radius 3 is 1.63 bits per heavy atom. The van der Waals surface area contributed by atoms with Gasteiger partial charge in [0.15, 0.2) is 0 Å². The van der Waals surface area contributed by atoms with Crippen molar-refractivity contribution in [2.24, 2.45) is 5.73 Å². The van der Waals surface area contributed by atoms with Gasteiger partial charge in [0.2, 0.25) is 5.91 Å². The zero-order valence-electron chi connectivity index (χ0n) is 33.7. The minimum Gasteiger partial charge on any atom is -0.387 e. The standard InChI is InChI=1S/C45H75N2O6P/c1-3-5-7-9-11-13-15-17-18-19-20-21-22-23-24-25-26-27-29-31-33-35-37-39-45(49)47-43(42-53-54(50,51)52-41-40-46)44(48)38-36-34-32-30-28-16-14-12-10-8-6-4-2/h5,7,10-13,17-18,20-21,23-24,26-28,30,36,38,43-44,48H,3-4,6,8-9,14-16,19,22,25,29,31-35,37,39-42,46H2,1-2H3,(H,47,49)(H,50,51)/b7-5-,12-10+,13-11-,18-17-,21-20-,24-23-,27-26-,30-28+,38-36+. The van der Waals surface area contributed by atoms with Crippen molar-refractivity contribution < 1.29 is 28.4 Å². The van der Waals surface area contributed by atoms with Crippen molar-refractivity contribution >= 4 is 13.7 Å². The van der Waals surface area contributed by atoms with Gasteiger partial charge < -0.3 is 21.1 Å². The first-order chi connectivity index (χ1) is 26.4. The largest absolute Gasteiger partial charge is 0.472 e. The molecule has 306 valence electrons. The minimum absolute atomic E-state index is 0.0604. The summed E-state index contributed by atoms with van der Waals surface area (Å²) in [5.74, 6) is -0.240. The van der Waals surface area contributed by atoms with E-state index in [1.807, 2.05) is 6.08 Å². The van der Waals surface area contributed by atoms with Crippen LogP contribution in [-0.2, 0) is 18.4 Å². The molecule has 0 rings (SSSR count). The summed E-state index contributed by atoms with van der Waals surface area (Å²) in [5.41, 5.74) is 5.35. The van der Waals surface area contributed by atoms with E-state index in [-0.39, 0.29) is 25.7 Å². The molecule has 9 heteroatoms. The molecule has 0 aromatic rings. The number of rotatable bonds is 36. The lowest BCUT2D eigenvalue weighted by Gasteiger charge is -2.23. The number of hydrogen-bond donors (Lipinski definition) is 4. The average Bonchev–Trinajstić information content (AvgIpc) is 3.16. The Labute approximate surface area is 329 Å². The molecular formula is C45H75N2O6P. The van der Waals surface area contributed by atoms with Crippen LogP contribution in [0.3, 0.4) is 0 Å². The molecule has 3 unspecified atom stereocenters. The van der Waals surface area contributed by atoms with Crippen molar-refractivity contribution in [3.05, 3.63) is 109 Å². The van der Waals surface area contributed by atoms with E-state index in [0.717, 1.165) is 96.3 Å². The SMILES string of the molecule is CC/C=C\C/C=C\C/C=C\C/C=C\C/C=C\C/C=C\CCCCCCC(=O)NC(COP(=O)(O)OCCN)C(O)/C=C/CC/C=C/CC/C=C/CCCC. The first kappa shape index (κ1) is 51.2. The van der Waals surface area contributed by atoms with E-state index in [4.69, 9.17) is 14.8 Å². The molecule has 0 radical (unpaired) electrons. The van der Waals surface area contributed by atoms with Crippen molar-refractivity contribution in [1.82, 2.24) is 5.32 Å². The summed E-state index contributed by atoms with van der Waals surface area (Å²) in [6.07, 6.45) is 55.7. The van der Waals surface area contributed by atoms with Gasteiger partial charge >= 0.3 is 7.82 Å². The third-order valence-corrected chi connectivity index (χ3v) is 9.04. The number of phosphoric ester groups is 1. The third-order valence-electron chi connectivity index (χ3n) is 8.06. The first-order valence-corrected chi connectivity index (χ1v) is 22.0. The summed E-state index contributed by atoms with van der Waals surface area (Å²) in [6.45, 7) is 3.88. The first-order valence-electron chi connectivity index (χ1n) is 20.5. The summed E-state index contributed by atoms with van der Waals surface area (Å²) in [5, 5.41) is 13.6. The number of nitrogens with two attached hydrogens (primary N) is 1. The second-order valence-electron chi connectivity index (χ2n) is 13.1. The number of carbonyl (C=O) groups excluding carboxylic acids is 1. The van der Waals surface area contributed by atoms with Gasteiger partial charge in [-0.1, -0.05) is 149 Å². The Kier molecular flexibility index (Phi) is 37.7. The van der Waals surface area contributed by atoms with Crippen LogP contribution in [0.25, 0.3) is 0 Å². The van der Waals surface area contributed by atoms with Gasteiger partial charge in [0, 0.05) is 13.0 Å². The maximum absolute atomic E-state index is 12.7. The summed E-state index contributed by atoms with van der Waals surface area (Å²) >= 11 is 0. The van der Waals surface area contributed by atoms with Crippen LogP contribution in [0, 0.1) is 0 Å². The fourth-order valence-electron chi connectivity index (χ4n) is 4.97. The Bertz CT molecular complexity index is 1200. The van der Waals surface area contributed by atoms with Crippen molar-refractivity contribution in [3.63, 3.8) is 0 Å². The van der Waals surface area contributed by atoms with Gasteiger partial charge in [0.1, 0.15) is 0 Å². The summed E-state index contributed by atoms with van der Waals surface area (Å²) in [4.78, 5) is 22.6. The minimum atomic E-state index is -4.36. The van der Waals surface area contributed by atoms with E-state index >= 15 is 0 Å². The highest BCUT2D eigenvalue weighted by molar-refractivity contribution is 7.47. The number of allylic oxidation sites excluding steroid dienone is 17. The molecule has 1 amide bonds. The fourth-order valence-corrected chi connectivity index (χ4v) is 5.73. The number of unbranched alkanes of at least 4 members (excludes halogenated alkanes) is 8. The van der Waals surface area contributed by atoms with E-state index in [9.17, 15) is 19.4 Å². The van der Waals surface area contributed by atoms with Crippen LogP contribution in [0.2, 0.25) is 0 Å². The van der Waals surface area contributed by atoms with Crippen molar-refractivity contribution in [2.75, 3.05) is 19.8 Å². The zero-order chi connectivity index (χ0) is 39.6. The van der Waals surface area contributed by atoms with Crippen LogP contribution in [0.1, 0.15) is 136 Å². The topological polar surface area (TPSA) is 131 Å². The average molecular weight is 771 g/mol. The van der Waals surface area contributed by atoms with Gasteiger partial charge in [-0.2, -0.15) is 0 Å². The van der Waals surface area contributed by atoms with Crippen LogP contribution in [-0.4, -0.2) is 47.8 Å². The van der Waals surface area contributed by atoms with Crippen molar-refractivity contribution in [1.29, 1.82) is 0 Å². The molecule has 0 fully saturated rings. The molecule has 3 atom stereocenters. The zero-order valence-corrected chi connectivity index (χ0v) is 34.5. The molecule has 0 heterocycles. The lowest BCUT2D eigenvalue weighted by molar-refractivity contribution is -0.123. The molecule has 5 N–H and O–H groups in total. The molecule has 0 aliphatic rings. The molecule has 54 heavy (non-hydrogen) atoms. The molecule has 8 nitrogen and oxygen atoms in total. The van der Waals surface area contributed by atoms with Crippen LogP contribution >= 0.6 is 7.82 Å². The van der Waals surface area contributed by atoms with Gasteiger partial charge in [0.05, 0.1) is 25.4 Å². The summed E-state index contributed by atoms with van der Waals surface area (Å²) in [7, 11) is -4.36. The fraction of sp³-hybridized carbons (Fsp3) is 0.578. The molecule has 0 aromatic heterocycles. The second kappa shape index (κ2) is 39.8. The van der Waals surface area contributed by atoms with E-state index in [1.54, 1.807) is 6.08 Å². The van der Waals surface area contributed by atoms with Crippen LogP contribution in [0.15, 0.2) is 109 Å². The van der Waals surface area contributed by atoms with Gasteiger partial charge in [-0.25, -0.2) is 4.57 Å². The number of carbonyl (C=O) groups is 1. The predicted molar refractivity (Wildman–Crippen MR) is 230 cm³/mol. The lowest BCUT2D eigenvalue weighted by Crippen LogP contribution is -2.45. The van der Waals surface area contributed by atoms with Crippen LogP contribution in [0.4, 0.5) is 0 Å². The second-order valence-corrected chi connectivity index (χ2v) is 14.5. The van der Waals surface area contributed by atoms with Gasteiger partial charge in [-0.05, 0) is 89.9 Å². The molecule has 0 spiro atoms. The molecule has 0 saturated heterocycles. The van der Waals surface area contributed by atoms with E-state index in [0.29, 0.717) is 12.8 Å². The van der Waals surface area contributed by atoms with Gasteiger partial charge in [0.25, 0.3) is 0 Å². The number of aliphatic hydroxyl groups is 1. The Hall–Kier alpha value is -2.84. The molecular weight excluding hydrogens is 695 g/mol. The Morgan fingerprint density at radius 1 is 0.630 bits per heavy atom. The highest BCUT2D eigenvalue weighted by atomic mass is 31.2. The van der Waals surface area contributed by atoms with Crippen molar-refractivity contribution in [3.8, 4) is 0 Å². The number of amides is 1. The number of hydrogen-bond acceptors (Lipinski definition) is 6. The normalized spacial score (nSPS) is 15.3. The third kappa shape index (κ3) is 37.5. The van der Waals surface area contributed by atoms with Crippen molar-refractivity contribution in [2.45, 2.75) is 148 Å². The molecule has 0 aromatic carbocycles. The maximum Gasteiger partial charge on any atom is 0.472 e. The molecule has 0 bridgehead atoms.